The van der Waals surface area contributed by atoms with Gasteiger partial charge >= 0.3 is 0 Å². The van der Waals surface area contributed by atoms with Crippen molar-refractivity contribution in [1.29, 1.82) is 0 Å². The molecular formula is C14H13BrClN3S. The molecule has 2 rings (SSSR count). The molecular weight excluding hydrogens is 358 g/mol. The molecule has 0 aliphatic rings. The highest BCUT2D eigenvalue weighted by atomic mass is 79.9. The maximum Gasteiger partial charge on any atom is 0.172 e. The monoisotopic (exact) mass is 369 g/mol. The number of anilines is 1. The zero-order valence-electron chi connectivity index (χ0n) is 10.7. The molecule has 0 aliphatic heterocycles. The van der Waals surface area contributed by atoms with Crippen LogP contribution in [0.25, 0.3) is 0 Å². The van der Waals surface area contributed by atoms with Crippen molar-refractivity contribution in [2.75, 3.05) is 5.32 Å². The fourth-order valence-corrected chi connectivity index (χ4v) is 2.62. The second kappa shape index (κ2) is 7.02. The summed E-state index contributed by atoms with van der Waals surface area (Å²) in [6.07, 6.45) is 1.66. The number of aromatic nitrogens is 1. The van der Waals surface area contributed by atoms with Crippen molar-refractivity contribution in [2.45, 2.75) is 13.0 Å². The Bertz CT molecular complexity index is 607. The van der Waals surface area contributed by atoms with Gasteiger partial charge < -0.3 is 10.6 Å². The van der Waals surface area contributed by atoms with Crippen LogP contribution in [0.5, 0.6) is 0 Å². The van der Waals surface area contributed by atoms with Crippen LogP contribution in [0.1, 0.15) is 18.5 Å². The van der Waals surface area contributed by atoms with Crippen LogP contribution < -0.4 is 10.6 Å². The predicted octanol–water partition coefficient (Wildman–Crippen LogP) is 4.55. The number of pyridine rings is 1. The molecule has 3 nitrogen and oxygen atoms in total. The summed E-state index contributed by atoms with van der Waals surface area (Å²) < 4.78 is 0.824. The van der Waals surface area contributed by atoms with Gasteiger partial charge in [0.15, 0.2) is 10.9 Å². The summed E-state index contributed by atoms with van der Waals surface area (Å²) in [6.45, 7) is 2.04. The molecule has 2 aromatic rings. The van der Waals surface area contributed by atoms with E-state index in [1.165, 1.54) is 0 Å². The molecule has 6 heteroatoms. The SMILES string of the molecule is CC(NC(=S)Nc1ncc(Br)cc1Cl)c1ccccc1. The third-order valence-electron chi connectivity index (χ3n) is 2.69. The van der Waals surface area contributed by atoms with E-state index >= 15 is 0 Å². The van der Waals surface area contributed by atoms with Gasteiger partial charge in [-0.3, -0.25) is 0 Å². The highest BCUT2D eigenvalue weighted by Crippen LogP contribution is 2.23. The number of hydrogen-bond acceptors (Lipinski definition) is 2. The number of benzene rings is 1. The number of nitrogens with zero attached hydrogens (tertiary/aromatic N) is 1. The minimum absolute atomic E-state index is 0.102. The number of rotatable bonds is 3. The van der Waals surface area contributed by atoms with Crippen molar-refractivity contribution in [3.8, 4) is 0 Å². The smallest absolute Gasteiger partial charge is 0.172 e. The van der Waals surface area contributed by atoms with Crippen molar-refractivity contribution in [3.05, 3.63) is 57.7 Å². The largest absolute Gasteiger partial charge is 0.356 e. The van der Waals surface area contributed by atoms with E-state index in [1.807, 2.05) is 37.3 Å². The first-order valence-electron chi connectivity index (χ1n) is 6.00. The molecule has 0 spiro atoms. The molecule has 1 aromatic carbocycles. The first kappa shape index (κ1) is 15.2. The van der Waals surface area contributed by atoms with Crippen molar-refractivity contribution in [1.82, 2.24) is 10.3 Å². The average molecular weight is 371 g/mol. The van der Waals surface area contributed by atoms with Gasteiger partial charge in [-0.15, -0.1) is 0 Å². The average Bonchev–Trinajstić information content (AvgIpc) is 2.43. The van der Waals surface area contributed by atoms with Crippen molar-refractivity contribution < 1.29 is 0 Å². The summed E-state index contributed by atoms with van der Waals surface area (Å²) in [5.41, 5.74) is 1.16. The summed E-state index contributed by atoms with van der Waals surface area (Å²) in [6, 6.07) is 11.9. The van der Waals surface area contributed by atoms with E-state index in [0.717, 1.165) is 10.0 Å². The van der Waals surface area contributed by atoms with Gasteiger partial charge in [0.05, 0.1) is 11.1 Å². The lowest BCUT2D eigenvalue weighted by Gasteiger charge is -2.17. The van der Waals surface area contributed by atoms with E-state index in [9.17, 15) is 0 Å². The molecule has 104 valence electrons. The highest BCUT2D eigenvalue weighted by Gasteiger charge is 2.09. The van der Waals surface area contributed by atoms with Crippen LogP contribution in [-0.2, 0) is 0 Å². The minimum atomic E-state index is 0.102. The minimum Gasteiger partial charge on any atom is -0.356 e. The summed E-state index contributed by atoms with van der Waals surface area (Å²) in [5.74, 6) is 0.535. The lowest BCUT2D eigenvalue weighted by Crippen LogP contribution is -2.31. The van der Waals surface area contributed by atoms with Crippen LogP contribution in [0.15, 0.2) is 47.1 Å². The summed E-state index contributed by atoms with van der Waals surface area (Å²) in [4.78, 5) is 4.18. The maximum absolute atomic E-state index is 6.08. The molecule has 20 heavy (non-hydrogen) atoms. The van der Waals surface area contributed by atoms with Crippen LogP contribution in [0.3, 0.4) is 0 Å². The summed E-state index contributed by atoms with van der Waals surface area (Å²) >= 11 is 14.7. The van der Waals surface area contributed by atoms with Gasteiger partial charge in [0.25, 0.3) is 0 Å². The molecule has 0 radical (unpaired) electrons. The molecule has 0 saturated carbocycles. The zero-order valence-corrected chi connectivity index (χ0v) is 13.9. The normalized spacial score (nSPS) is 11.8. The van der Waals surface area contributed by atoms with Gasteiger partial charge in [0.2, 0.25) is 0 Å². The molecule has 1 heterocycles. The number of thiocarbonyl (C=S) groups is 1. The van der Waals surface area contributed by atoms with Crippen LogP contribution in [0.2, 0.25) is 5.02 Å². The van der Waals surface area contributed by atoms with E-state index in [-0.39, 0.29) is 6.04 Å². The fourth-order valence-electron chi connectivity index (χ4n) is 1.67. The molecule has 1 atom stereocenters. The molecule has 0 fully saturated rings. The molecule has 1 aromatic heterocycles. The Balaban J connectivity index is 1.99. The van der Waals surface area contributed by atoms with Gasteiger partial charge in [-0.05, 0) is 46.7 Å². The molecule has 0 bridgehead atoms. The van der Waals surface area contributed by atoms with Crippen LogP contribution in [-0.4, -0.2) is 10.1 Å². The second-order valence-electron chi connectivity index (χ2n) is 4.21. The zero-order chi connectivity index (χ0) is 14.5. The third-order valence-corrected chi connectivity index (χ3v) is 3.63. The predicted molar refractivity (Wildman–Crippen MR) is 91.2 cm³/mol. The second-order valence-corrected chi connectivity index (χ2v) is 5.95. The third kappa shape index (κ3) is 4.16. The first-order valence-corrected chi connectivity index (χ1v) is 7.57. The quantitative estimate of drug-likeness (QED) is 0.778. The van der Waals surface area contributed by atoms with E-state index in [0.29, 0.717) is 16.0 Å². The van der Waals surface area contributed by atoms with Crippen LogP contribution in [0, 0.1) is 0 Å². The topological polar surface area (TPSA) is 37.0 Å². The first-order chi connectivity index (χ1) is 9.56. The summed E-state index contributed by atoms with van der Waals surface area (Å²) in [7, 11) is 0. The van der Waals surface area contributed by atoms with Gasteiger partial charge in [0, 0.05) is 10.7 Å². The standard InChI is InChI=1S/C14H13BrClN3S/c1-9(10-5-3-2-4-6-10)18-14(20)19-13-12(16)7-11(15)8-17-13/h2-9H,1H3,(H2,17,18,19,20). The Hall–Kier alpha value is -1.17. The summed E-state index contributed by atoms with van der Waals surface area (Å²) in [5, 5.41) is 7.19. The Kier molecular flexibility index (Phi) is 5.34. The number of halogens is 2. The Labute approximate surface area is 136 Å². The van der Waals surface area contributed by atoms with E-state index in [2.05, 4.69) is 31.5 Å². The van der Waals surface area contributed by atoms with Crippen LogP contribution >= 0.6 is 39.7 Å². The molecule has 2 N–H and O–H groups in total. The van der Waals surface area contributed by atoms with Crippen molar-refractivity contribution in [2.24, 2.45) is 0 Å². The van der Waals surface area contributed by atoms with Crippen molar-refractivity contribution in [3.63, 3.8) is 0 Å². The maximum atomic E-state index is 6.08. The van der Waals surface area contributed by atoms with E-state index in [4.69, 9.17) is 23.8 Å². The van der Waals surface area contributed by atoms with Gasteiger partial charge in [-0.25, -0.2) is 4.98 Å². The van der Waals surface area contributed by atoms with Crippen molar-refractivity contribution >= 4 is 50.7 Å². The number of nitrogens with one attached hydrogen (secondary N) is 2. The fraction of sp³-hybridized carbons (Fsp3) is 0.143. The Morgan fingerprint density at radius 1 is 1.35 bits per heavy atom. The van der Waals surface area contributed by atoms with E-state index < -0.39 is 0 Å². The van der Waals surface area contributed by atoms with Gasteiger partial charge in [0.1, 0.15) is 0 Å². The number of hydrogen-bond donors (Lipinski definition) is 2. The molecule has 0 aliphatic carbocycles. The van der Waals surface area contributed by atoms with Crippen LogP contribution in [0.4, 0.5) is 5.82 Å². The lowest BCUT2D eigenvalue weighted by atomic mass is 10.1. The lowest BCUT2D eigenvalue weighted by molar-refractivity contribution is 0.722. The van der Waals surface area contributed by atoms with Gasteiger partial charge in [-0.2, -0.15) is 0 Å². The van der Waals surface area contributed by atoms with E-state index in [1.54, 1.807) is 12.3 Å². The Morgan fingerprint density at radius 3 is 2.70 bits per heavy atom. The highest BCUT2D eigenvalue weighted by molar-refractivity contribution is 9.10. The molecule has 0 saturated heterocycles. The molecule has 1 unspecified atom stereocenters. The van der Waals surface area contributed by atoms with Gasteiger partial charge in [-0.1, -0.05) is 41.9 Å². The Morgan fingerprint density at radius 2 is 2.05 bits per heavy atom. The molecule has 0 amide bonds.